The van der Waals surface area contributed by atoms with Gasteiger partial charge in [-0.25, -0.2) is 9.97 Å². The van der Waals surface area contributed by atoms with Crippen LogP contribution in [0.25, 0.3) is 22.5 Å². The minimum absolute atomic E-state index is 0.588. The first-order valence-corrected chi connectivity index (χ1v) is 8.14. The fourth-order valence-electron chi connectivity index (χ4n) is 2.30. The van der Waals surface area contributed by atoms with Gasteiger partial charge in [0.25, 0.3) is 0 Å². The molecule has 0 aliphatic carbocycles. The second kappa shape index (κ2) is 5.89. The number of hydrogen-bond donors (Lipinski definition) is 0. The summed E-state index contributed by atoms with van der Waals surface area (Å²) >= 11 is 1.60. The Bertz CT molecular complexity index is 948. The smallest absolute Gasteiger partial charge is 0.197 e. The van der Waals surface area contributed by atoms with Crippen molar-refractivity contribution in [2.45, 2.75) is 17.7 Å². The molecule has 0 saturated heterocycles. The molecule has 1 aromatic carbocycles. The summed E-state index contributed by atoms with van der Waals surface area (Å²) in [6, 6.07) is 13.6. The molecular formula is C17H13N3O2S. The Balaban J connectivity index is 1.74. The molecule has 5 nitrogen and oxygen atoms in total. The lowest BCUT2D eigenvalue weighted by Gasteiger charge is -2.06. The Morgan fingerprint density at radius 2 is 2.00 bits per heavy atom. The Morgan fingerprint density at radius 1 is 1.09 bits per heavy atom. The van der Waals surface area contributed by atoms with Gasteiger partial charge in [-0.1, -0.05) is 35.1 Å². The third-order valence-electron chi connectivity index (χ3n) is 3.34. The second-order valence-corrected chi connectivity index (χ2v) is 6.03. The highest BCUT2D eigenvalue weighted by molar-refractivity contribution is 7.98. The van der Waals surface area contributed by atoms with Crippen molar-refractivity contribution in [3.63, 3.8) is 0 Å². The molecule has 0 saturated carbocycles. The van der Waals surface area contributed by atoms with E-state index in [1.165, 1.54) is 0 Å². The number of para-hydroxylation sites is 1. The fraction of sp³-hybridized carbons (Fsp3) is 0.118. The second-order valence-electron chi connectivity index (χ2n) is 5.07. The first kappa shape index (κ1) is 14.0. The molecule has 0 amide bonds. The summed E-state index contributed by atoms with van der Waals surface area (Å²) in [7, 11) is 0. The van der Waals surface area contributed by atoms with Crippen LogP contribution in [0.15, 0.2) is 62.7 Å². The molecule has 3 aromatic heterocycles. The van der Waals surface area contributed by atoms with Crippen molar-refractivity contribution < 1.29 is 8.94 Å². The average Bonchev–Trinajstić information content (AvgIpc) is 3.24. The first-order valence-electron chi connectivity index (χ1n) is 7.15. The minimum Gasteiger partial charge on any atom is -0.461 e. The molecule has 0 aliphatic heterocycles. The summed E-state index contributed by atoms with van der Waals surface area (Å²) in [5.41, 5.74) is 1.77. The number of fused-ring (bicyclic) bond motifs is 1. The van der Waals surface area contributed by atoms with Crippen LogP contribution < -0.4 is 0 Å². The van der Waals surface area contributed by atoms with Gasteiger partial charge in [0.1, 0.15) is 10.8 Å². The molecule has 0 fully saturated rings. The van der Waals surface area contributed by atoms with E-state index in [0.717, 1.165) is 27.4 Å². The topological polar surface area (TPSA) is 65.0 Å². The number of benzene rings is 1. The summed E-state index contributed by atoms with van der Waals surface area (Å²) in [6.45, 7) is 1.91. The number of furan rings is 1. The summed E-state index contributed by atoms with van der Waals surface area (Å²) in [4.78, 5) is 9.24. The summed E-state index contributed by atoms with van der Waals surface area (Å²) in [5, 5.41) is 5.83. The molecule has 4 rings (SSSR count). The lowest BCUT2D eigenvalue weighted by Crippen LogP contribution is -1.93. The van der Waals surface area contributed by atoms with Gasteiger partial charge >= 0.3 is 0 Å². The van der Waals surface area contributed by atoms with E-state index in [4.69, 9.17) is 8.94 Å². The van der Waals surface area contributed by atoms with Crippen molar-refractivity contribution in [2.24, 2.45) is 0 Å². The van der Waals surface area contributed by atoms with E-state index < -0.39 is 0 Å². The highest BCUT2D eigenvalue weighted by Gasteiger charge is 2.12. The van der Waals surface area contributed by atoms with Crippen LogP contribution in [-0.2, 0) is 5.75 Å². The van der Waals surface area contributed by atoms with Gasteiger partial charge in [-0.2, -0.15) is 0 Å². The maximum atomic E-state index is 5.43. The molecule has 6 heteroatoms. The number of nitrogens with zero attached hydrogens (tertiary/aromatic N) is 3. The number of thioether (sulfide) groups is 1. The lowest BCUT2D eigenvalue weighted by atomic mass is 10.2. The highest BCUT2D eigenvalue weighted by atomic mass is 32.2. The minimum atomic E-state index is 0.588. The normalized spacial score (nSPS) is 11.2. The van der Waals surface area contributed by atoms with E-state index in [9.17, 15) is 0 Å². The molecule has 4 aromatic rings. The van der Waals surface area contributed by atoms with Crippen molar-refractivity contribution in [3.05, 3.63) is 60.2 Å². The number of hydrogen-bond acceptors (Lipinski definition) is 6. The van der Waals surface area contributed by atoms with Crippen LogP contribution in [0.5, 0.6) is 0 Å². The van der Waals surface area contributed by atoms with Gasteiger partial charge in [0.15, 0.2) is 11.6 Å². The Labute approximate surface area is 136 Å². The molecule has 114 valence electrons. The molecule has 0 radical (unpaired) electrons. The van der Waals surface area contributed by atoms with Crippen LogP contribution in [0.1, 0.15) is 11.5 Å². The van der Waals surface area contributed by atoms with Crippen LogP contribution in [0.2, 0.25) is 0 Å². The number of aryl methyl sites for hydroxylation is 1. The first-order chi connectivity index (χ1) is 11.3. The zero-order valence-electron chi connectivity index (χ0n) is 12.4. The van der Waals surface area contributed by atoms with Gasteiger partial charge in [0.2, 0.25) is 0 Å². The van der Waals surface area contributed by atoms with Gasteiger partial charge < -0.3 is 8.94 Å². The summed E-state index contributed by atoms with van der Waals surface area (Å²) < 4.78 is 10.7. The van der Waals surface area contributed by atoms with E-state index in [-0.39, 0.29) is 0 Å². The fourth-order valence-corrected chi connectivity index (χ4v) is 3.19. The van der Waals surface area contributed by atoms with Crippen LogP contribution in [0, 0.1) is 6.92 Å². The largest absolute Gasteiger partial charge is 0.461 e. The van der Waals surface area contributed by atoms with E-state index in [1.807, 2.05) is 49.4 Å². The van der Waals surface area contributed by atoms with E-state index in [2.05, 4.69) is 15.1 Å². The Kier molecular flexibility index (Phi) is 3.59. The van der Waals surface area contributed by atoms with Gasteiger partial charge in [0, 0.05) is 11.5 Å². The zero-order chi connectivity index (χ0) is 15.6. The quantitative estimate of drug-likeness (QED) is 0.407. The molecule has 0 unspecified atom stereocenters. The third-order valence-corrected chi connectivity index (χ3v) is 4.35. The maximum absolute atomic E-state index is 5.43. The Hall–Kier alpha value is -2.60. The molecule has 3 heterocycles. The van der Waals surface area contributed by atoms with Crippen molar-refractivity contribution in [2.75, 3.05) is 0 Å². The molecule has 0 bridgehead atoms. The van der Waals surface area contributed by atoms with Crippen molar-refractivity contribution >= 4 is 22.7 Å². The summed E-state index contributed by atoms with van der Waals surface area (Å²) in [5.74, 6) is 2.74. The Morgan fingerprint density at radius 3 is 2.78 bits per heavy atom. The number of aromatic nitrogens is 3. The van der Waals surface area contributed by atoms with E-state index >= 15 is 0 Å². The predicted molar refractivity (Wildman–Crippen MR) is 88.0 cm³/mol. The monoisotopic (exact) mass is 323 g/mol. The van der Waals surface area contributed by atoms with Gasteiger partial charge in [-0.3, -0.25) is 0 Å². The molecular weight excluding hydrogens is 310 g/mol. The van der Waals surface area contributed by atoms with Gasteiger partial charge in [0.05, 0.1) is 23.2 Å². The molecule has 0 N–H and O–H groups in total. The van der Waals surface area contributed by atoms with Crippen LogP contribution in [0.3, 0.4) is 0 Å². The predicted octanol–water partition coefficient (Wildman–Crippen LogP) is 4.48. The molecule has 23 heavy (non-hydrogen) atoms. The van der Waals surface area contributed by atoms with Gasteiger partial charge in [-0.05, 0) is 25.1 Å². The highest BCUT2D eigenvalue weighted by Crippen LogP contribution is 2.30. The number of rotatable bonds is 4. The van der Waals surface area contributed by atoms with Crippen molar-refractivity contribution in [1.82, 2.24) is 15.1 Å². The zero-order valence-corrected chi connectivity index (χ0v) is 13.2. The van der Waals surface area contributed by atoms with E-state index in [0.29, 0.717) is 17.3 Å². The van der Waals surface area contributed by atoms with Crippen LogP contribution in [-0.4, -0.2) is 15.1 Å². The molecule has 0 aliphatic rings. The van der Waals surface area contributed by atoms with Crippen molar-refractivity contribution in [1.29, 1.82) is 0 Å². The SMILES string of the molecule is Cc1cc(CSc2nc(-c3ccco3)nc3ccccc23)on1. The average molecular weight is 323 g/mol. The van der Waals surface area contributed by atoms with Gasteiger partial charge in [-0.15, -0.1) is 0 Å². The van der Waals surface area contributed by atoms with Crippen LogP contribution >= 0.6 is 11.8 Å². The maximum Gasteiger partial charge on any atom is 0.197 e. The molecule has 0 spiro atoms. The van der Waals surface area contributed by atoms with Crippen molar-refractivity contribution in [3.8, 4) is 11.6 Å². The standard InChI is InChI=1S/C17H13N3O2S/c1-11-9-12(22-20-11)10-23-17-13-5-2-3-6-14(13)18-16(19-17)15-7-4-8-21-15/h2-9H,10H2,1H3. The molecule has 0 atom stereocenters. The lowest BCUT2D eigenvalue weighted by molar-refractivity contribution is 0.391. The third kappa shape index (κ3) is 2.85. The summed E-state index contributed by atoms with van der Waals surface area (Å²) in [6.07, 6.45) is 1.62. The van der Waals surface area contributed by atoms with E-state index in [1.54, 1.807) is 18.0 Å². The van der Waals surface area contributed by atoms with Crippen LogP contribution in [0.4, 0.5) is 0 Å².